The number of imidazole rings is 1. The van der Waals surface area contributed by atoms with Gasteiger partial charge in [0.25, 0.3) is 0 Å². The van der Waals surface area contributed by atoms with Crippen molar-refractivity contribution in [1.29, 1.82) is 0 Å². The van der Waals surface area contributed by atoms with Gasteiger partial charge in [0.1, 0.15) is 11.5 Å². The Labute approximate surface area is 259 Å². The van der Waals surface area contributed by atoms with Gasteiger partial charge in [0, 0.05) is 62.7 Å². The van der Waals surface area contributed by atoms with Crippen molar-refractivity contribution in [3.05, 3.63) is 124 Å². The Morgan fingerprint density at radius 1 is 0.886 bits per heavy atom. The first-order chi connectivity index (χ1) is 21.3. The molecule has 1 aliphatic rings. The molecule has 1 fully saturated rings. The number of nitrogens with one attached hydrogen (secondary N) is 1. The molecule has 6 rings (SSSR count). The van der Waals surface area contributed by atoms with E-state index in [4.69, 9.17) is 0 Å². The van der Waals surface area contributed by atoms with Gasteiger partial charge < -0.3 is 10.2 Å². The number of benzene rings is 2. The van der Waals surface area contributed by atoms with Crippen molar-refractivity contribution in [2.45, 2.75) is 33.7 Å². The van der Waals surface area contributed by atoms with E-state index < -0.39 is 0 Å². The molecule has 0 radical (unpaired) electrons. The van der Waals surface area contributed by atoms with Crippen molar-refractivity contribution < 1.29 is 4.79 Å². The molecule has 1 saturated heterocycles. The first-order valence-electron chi connectivity index (χ1n) is 15.1. The van der Waals surface area contributed by atoms with Crippen LogP contribution in [-0.2, 0) is 13.0 Å². The number of likely N-dealkylation sites (N-methyl/N-ethyl adjacent to an activating group) is 1. The molecule has 2 aromatic carbocycles. The molecular formula is C37H38N6O. The number of ketones is 1. The number of piperazine rings is 1. The van der Waals surface area contributed by atoms with Crippen LogP contribution in [0.15, 0.2) is 79.3 Å². The van der Waals surface area contributed by atoms with Crippen molar-refractivity contribution in [3.63, 3.8) is 0 Å². The lowest BCUT2D eigenvalue weighted by atomic mass is 9.96. The lowest BCUT2D eigenvalue weighted by Crippen LogP contribution is -2.43. The van der Waals surface area contributed by atoms with Crippen LogP contribution in [0.5, 0.6) is 0 Å². The quantitative estimate of drug-likeness (QED) is 0.188. The van der Waals surface area contributed by atoms with Gasteiger partial charge in [-0.2, -0.15) is 0 Å². The molecule has 7 nitrogen and oxygen atoms in total. The zero-order valence-electron chi connectivity index (χ0n) is 25.9. The van der Waals surface area contributed by atoms with Crippen LogP contribution in [0.2, 0.25) is 0 Å². The molecule has 0 saturated carbocycles. The molecule has 44 heavy (non-hydrogen) atoms. The summed E-state index contributed by atoms with van der Waals surface area (Å²) in [7, 11) is 2.18. The minimum atomic E-state index is 0.0921. The number of hydrogen-bond donors (Lipinski definition) is 1. The molecule has 5 aromatic rings. The topological polar surface area (TPSA) is 65.8 Å². The zero-order chi connectivity index (χ0) is 30.6. The van der Waals surface area contributed by atoms with Crippen LogP contribution in [0.1, 0.15) is 49.4 Å². The molecule has 7 heteroatoms. The molecule has 0 bridgehead atoms. The number of carbonyl (C=O) groups excluding carboxylic acids is 1. The van der Waals surface area contributed by atoms with Crippen molar-refractivity contribution >= 4 is 22.9 Å². The summed E-state index contributed by atoms with van der Waals surface area (Å²) in [5.41, 5.74) is 9.65. The predicted molar refractivity (Wildman–Crippen MR) is 177 cm³/mol. The number of aromatic nitrogens is 3. The number of nitrogens with zero attached hydrogens (tertiary/aromatic N) is 5. The van der Waals surface area contributed by atoms with E-state index in [-0.39, 0.29) is 5.78 Å². The third-order valence-electron chi connectivity index (χ3n) is 8.36. The molecule has 1 aliphatic heterocycles. The van der Waals surface area contributed by atoms with E-state index in [0.29, 0.717) is 12.0 Å². The molecule has 0 amide bonds. The standard InChI is InChI=1S/C37H38N6O/c1-26-7-14-36(38-23-26)40-34-6-5-15-43-33(24-39-37(34)43)13-12-30-22-31(10-8-27(30)2)35(44)21-29-9-11-32(28(3)20-29)25-42-18-16-41(4)17-19-42/h5-11,14-15,20,22-24H,16-19,21,25H2,1-4H3,(H,38,40). The molecule has 0 atom stereocenters. The Kier molecular flexibility index (Phi) is 8.56. The summed E-state index contributed by atoms with van der Waals surface area (Å²) in [5.74, 6) is 7.42. The summed E-state index contributed by atoms with van der Waals surface area (Å²) in [4.78, 5) is 27.3. The second-order valence-electron chi connectivity index (χ2n) is 11.8. The van der Waals surface area contributed by atoms with Crippen LogP contribution in [0.25, 0.3) is 5.65 Å². The fourth-order valence-corrected chi connectivity index (χ4v) is 5.52. The summed E-state index contributed by atoms with van der Waals surface area (Å²) >= 11 is 0. The average Bonchev–Trinajstić information content (AvgIpc) is 3.44. The predicted octanol–water partition coefficient (Wildman–Crippen LogP) is 5.97. The van der Waals surface area contributed by atoms with Crippen molar-refractivity contribution in [3.8, 4) is 11.8 Å². The van der Waals surface area contributed by atoms with Crippen LogP contribution in [-0.4, -0.2) is 63.2 Å². The Balaban J connectivity index is 1.16. The van der Waals surface area contributed by atoms with Crippen LogP contribution < -0.4 is 5.32 Å². The summed E-state index contributed by atoms with van der Waals surface area (Å²) in [6, 6.07) is 20.2. The molecule has 1 N–H and O–H groups in total. The van der Waals surface area contributed by atoms with E-state index in [2.05, 4.69) is 69.1 Å². The molecule has 0 aliphatic carbocycles. The molecule has 4 heterocycles. The van der Waals surface area contributed by atoms with E-state index in [1.807, 2.05) is 73.1 Å². The van der Waals surface area contributed by atoms with E-state index in [0.717, 1.165) is 77.8 Å². The summed E-state index contributed by atoms with van der Waals surface area (Å²) < 4.78 is 1.96. The average molecular weight is 583 g/mol. The number of Topliss-reactive ketones (excluding diaryl/α,β-unsaturated/α-hetero) is 1. The van der Waals surface area contributed by atoms with Crippen molar-refractivity contribution in [1.82, 2.24) is 24.2 Å². The fraction of sp³-hybridized carbons (Fsp3) is 0.270. The minimum absolute atomic E-state index is 0.0921. The van der Waals surface area contributed by atoms with Gasteiger partial charge in [-0.05, 0) is 85.8 Å². The SMILES string of the molecule is Cc1ccc(Nc2cccn3c(C#Cc4cc(C(=O)Cc5ccc(CN6CCN(C)CC6)c(C)c5)ccc4C)cnc23)nc1. The number of fused-ring (bicyclic) bond motifs is 1. The lowest BCUT2D eigenvalue weighted by molar-refractivity contribution is 0.0993. The zero-order valence-corrected chi connectivity index (χ0v) is 25.9. The van der Waals surface area contributed by atoms with E-state index in [1.54, 1.807) is 6.20 Å². The highest BCUT2D eigenvalue weighted by Gasteiger charge is 2.16. The summed E-state index contributed by atoms with van der Waals surface area (Å²) in [5, 5.41) is 3.35. The van der Waals surface area contributed by atoms with Gasteiger partial charge >= 0.3 is 0 Å². The summed E-state index contributed by atoms with van der Waals surface area (Å²) in [6.07, 6.45) is 5.92. The lowest BCUT2D eigenvalue weighted by Gasteiger charge is -2.32. The van der Waals surface area contributed by atoms with Gasteiger partial charge in [0.15, 0.2) is 11.4 Å². The third kappa shape index (κ3) is 6.73. The number of aryl methyl sites for hydroxylation is 3. The van der Waals surface area contributed by atoms with E-state index in [1.165, 1.54) is 11.1 Å². The molecule has 0 spiro atoms. The Bertz CT molecular complexity index is 1870. The number of rotatable bonds is 7. The number of anilines is 2. The van der Waals surface area contributed by atoms with Gasteiger partial charge in [0.05, 0.1) is 11.9 Å². The fourth-order valence-electron chi connectivity index (χ4n) is 5.52. The second kappa shape index (κ2) is 12.8. The smallest absolute Gasteiger partial charge is 0.167 e. The number of pyridine rings is 2. The Morgan fingerprint density at radius 3 is 2.50 bits per heavy atom. The molecule has 0 unspecified atom stereocenters. The molecule has 222 valence electrons. The van der Waals surface area contributed by atoms with Gasteiger partial charge in [0.2, 0.25) is 0 Å². The first-order valence-corrected chi connectivity index (χ1v) is 15.1. The number of carbonyl (C=O) groups is 1. The van der Waals surface area contributed by atoms with Gasteiger partial charge in [-0.1, -0.05) is 42.3 Å². The van der Waals surface area contributed by atoms with Gasteiger partial charge in [-0.25, -0.2) is 9.97 Å². The first kappa shape index (κ1) is 29.3. The van der Waals surface area contributed by atoms with Crippen molar-refractivity contribution in [2.24, 2.45) is 0 Å². The minimum Gasteiger partial charge on any atom is -0.337 e. The third-order valence-corrected chi connectivity index (χ3v) is 8.36. The van der Waals surface area contributed by atoms with Crippen LogP contribution >= 0.6 is 0 Å². The maximum absolute atomic E-state index is 13.3. The van der Waals surface area contributed by atoms with Crippen LogP contribution in [0.4, 0.5) is 11.5 Å². The van der Waals surface area contributed by atoms with E-state index >= 15 is 0 Å². The number of hydrogen-bond acceptors (Lipinski definition) is 6. The molecular weight excluding hydrogens is 544 g/mol. The Hall–Kier alpha value is -4.77. The monoisotopic (exact) mass is 582 g/mol. The maximum atomic E-state index is 13.3. The largest absolute Gasteiger partial charge is 0.337 e. The Morgan fingerprint density at radius 2 is 1.73 bits per heavy atom. The highest BCUT2D eigenvalue weighted by atomic mass is 16.1. The van der Waals surface area contributed by atoms with Crippen molar-refractivity contribution in [2.75, 3.05) is 38.5 Å². The van der Waals surface area contributed by atoms with E-state index in [9.17, 15) is 4.79 Å². The normalized spacial score (nSPS) is 13.9. The van der Waals surface area contributed by atoms with Gasteiger partial charge in [-0.3, -0.25) is 14.1 Å². The van der Waals surface area contributed by atoms with Crippen LogP contribution in [0.3, 0.4) is 0 Å². The van der Waals surface area contributed by atoms with Crippen LogP contribution in [0, 0.1) is 32.6 Å². The molecule has 3 aromatic heterocycles. The van der Waals surface area contributed by atoms with Gasteiger partial charge in [-0.15, -0.1) is 0 Å². The summed E-state index contributed by atoms with van der Waals surface area (Å²) in [6.45, 7) is 11.5. The second-order valence-corrected chi connectivity index (χ2v) is 11.8. The highest BCUT2D eigenvalue weighted by molar-refractivity contribution is 5.98. The highest BCUT2D eigenvalue weighted by Crippen LogP contribution is 2.22. The maximum Gasteiger partial charge on any atom is 0.167 e.